The van der Waals surface area contributed by atoms with E-state index in [1.807, 2.05) is 12.3 Å². The van der Waals surface area contributed by atoms with Gasteiger partial charge in [-0.3, -0.25) is 0 Å². The molecule has 0 spiro atoms. The minimum atomic E-state index is 0.549. The van der Waals surface area contributed by atoms with Crippen molar-refractivity contribution < 1.29 is 0 Å². The van der Waals surface area contributed by atoms with Crippen LogP contribution < -0.4 is 0 Å². The van der Waals surface area contributed by atoms with Gasteiger partial charge in [0, 0.05) is 11.4 Å². The molecule has 3 nitrogen and oxygen atoms in total. The van der Waals surface area contributed by atoms with E-state index in [9.17, 15) is 0 Å². The lowest BCUT2D eigenvalue weighted by molar-refractivity contribution is 1.06. The van der Waals surface area contributed by atoms with Crippen LogP contribution in [-0.2, 0) is 0 Å². The molecule has 2 heterocycles. The van der Waals surface area contributed by atoms with Crippen LogP contribution in [0.4, 0.5) is 0 Å². The van der Waals surface area contributed by atoms with Crippen LogP contribution in [-0.4, -0.2) is 20.2 Å². The van der Waals surface area contributed by atoms with Crippen molar-refractivity contribution in [3.63, 3.8) is 0 Å². The molecule has 13 heavy (non-hydrogen) atoms. The SMILES string of the molecule is CC(C)Sc1ncnc2[nH]ccc12. The van der Waals surface area contributed by atoms with E-state index in [2.05, 4.69) is 28.8 Å². The fraction of sp³-hybridized carbons (Fsp3) is 0.333. The van der Waals surface area contributed by atoms with Gasteiger partial charge in [-0.25, -0.2) is 9.97 Å². The third-order valence-corrected chi connectivity index (χ3v) is 2.68. The molecule has 4 heteroatoms. The van der Waals surface area contributed by atoms with Gasteiger partial charge in [-0.2, -0.15) is 0 Å². The molecule has 0 radical (unpaired) electrons. The van der Waals surface area contributed by atoms with E-state index in [0.29, 0.717) is 5.25 Å². The van der Waals surface area contributed by atoms with E-state index in [1.165, 1.54) is 0 Å². The lowest BCUT2D eigenvalue weighted by Crippen LogP contribution is -1.90. The fourth-order valence-electron chi connectivity index (χ4n) is 1.17. The molecule has 68 valence electrons. The van der Waals surface area contributed by atoms with E-state index in [-0.39, 0.29) is 0 Å². The molecule has 0 aliphatic heterocycles. The maximum absolute atomic E-state index is 4.25. The zero-order valence-corrected chi connectivity index (χ0v) is 8.43. The Bertz CT molecular complexity index is 408. The Kier molecular flexibility index (Phi) is 2.22. The molecule has 0 bridgehead atoms. The zero-order valence-electron chi connectivity index (χ0n) is 7.61. The average molecular weight is 193 g/mol. The van der Waals surface area contributed by atoms with Crippen LogP contribution >= 0.6 is 11.8 Å². The Morgan fingerprint density at radius 1 is 1.38 bits per heavy atom. The molecule has 0 amide bonds. The average Bonchev–Trinajstić information content (AvgIpc) is 2.51. The largest absolute Gasteiger partial charge is 0.346 e. The summed E-state index contributed by atoms with van der Waals surface area (Å²) in [6.07, 6.45) is 3.49. The van der Waals surface area contributed by atoms with Crippen molar-refractivity contribution in [2.45, 2.75) is 24.1 Å². The molecule has 2 aromatic heterocycles. The minimum absolute atomic E-state index is 0.549. The van der Waals surface area contributed by atoms with Crippen LogP contribution in [0.5, 0.6) is 0 Å². The van der Waals surface area contributed by atoms with Gasteiger partial charge >= 0.3 is 0 Å². The van der Waals surface area contributed by atoms with Crippen molar-refractivity contribution in [3.05, 3.63) is 18.6 Å². The molecule has 0 saturated heterocycles. The first kappa shape index (κ1) is 8.56. The maximum atomic E-state index is 4.25. The number of nitrogens with zero attached hydrogens (tertiary/aromatic N) is 2. The third kappa shape index (κ3) is 1.67. The van der Waals surface area contributed by atoms with E-state index in [0.717, 1.165) is 16.1 Å². The lowest BCUT2D eigenvalue weighted by Gasteiger charge is -2.03. The van der Waals surface area contributed by atoms with Crippen molar-refractivity contribution in [2.75, 3.05) is 0 Å². The van der Waals surface area contributed by atoms with Crippen molar-refractivity contribution in [1.29, 1.82) is 0 Å². The molecule has 2 aromatic rings. The monoisotopic (exact) mass is 193 g/mol. The number of hydrogen-bond donors (Lipinski definition) is 1. The van der Waals surface area contributed by atoms with Crippen LogP contribution in [0.15, 0.2) is 23.6 Å². The predicted octanol–water partition coefficient (Wildman–Crippen LogP) is 2.46. The first-order valence-corrected chi connectivity index (χ1v) is 5.10. The molecule has 0 unspecified atom stereocenters. The van der Waals surface area contributed by atoms with Gasteiger partial charge in [-0.15, -0.1) is 11.8 Å². The molecule has 0 aliphatic carbocycles. The van der Waals surface area contributed by atoms with Gasteiger partial charge in [0.1, 0.15) is 17.0 Å². The quantitative estimate of drug-likeness (QED) is 0.588. The highest BCUT2D eigenvalue weighted by Crippen LogP contribution is 2.26. The summed E-state index contributed by atoms with van der Waals surface area (Å²) in [7, 11) is 0. The van der Waals surface area contributed by atoms with E-state index >= 15 is 0 Å². The highest BCUT2D eigenvalue weighted by molar-refractivity contribution is 8.00. The molecule has 1 N–H and O–H groups in total. The summed E-state index contributed by atoms with van der Waals surface area (Å²) in [5.41, 5.74) is 0.915. The Labute approximate surface area is 81.0 Å². The molecular formula is C9H11N3S. The van der Waals surface area contributed by atoms with Gasteiger partial charge < -0.3 is 4.98 Å². The minimum Gasteiger partial charge on any atom is -0.346 e. The summed E-state index contributed by atoms with van der Waals surface area (Å²) in [5.74, 6) is 0. The summed E-state index contributed by atoms with van der Waals surface area (Å²) in [6, 6.07) is 2.01. The predicted molar refractivity (Wildman–Crippen MR) is 54.9 cm³/mol. The molecule has 2 rings (SSSR count). The van der Waals surface area contributed by atoms with Crippen molar-refractivity contribution in [2.24, 2.45) is 0 Å². The van der Waals surface area contributed by atoms with Gasteiger partial charge in [0.25, 0.3) is 0 Å². The molecule has 0 aliphatic rings. The standard InChI is InChI=1S/C9H11N3S/c1-6(2)13-9-7-3-4-10-8(7)11-5-12-9/h3-6H,1-2H3,(H,10,11,12). The van der Waals surface area contributed by atoms with Crippen molar-refractivity contribution in [3.8, 4) is 0 Å². The number of H-pyrrole nitrogens is 1. The second kappa shape index (κ2) is 3.38. The highest BCUT2D eigenvalue weighted by Gasteiger charge is 2.06. The number of rotatable bonds is 2. The number of thioether (sulfide) groups is 1. The number of hydrogen-bond acceptors (Lipinski definition) is 3. The second-order valence-electron chi connectivity index (χ2n) is 3.09. The van der Waals surface area contributed by atoms with Gasteiger partial charge in [0.2, 0.25) is 0 Å². The Morgan fingerprint density at radius 2 is 2.23 bits per heavy atom. The maximum Gasteiger partial charge on any atom is 0.141 e. The topological polar surface area (TPSA) is 41.6 Å². The first-order chi connectivity index (χ1) is 6.27. The van der Waals surface area contributed by atoms with Crippen molar-refractivity contribution in [1.82, 2.24) is 15.0 Å². The number of aromatic amines is 1. The second-order valence-corrected chi connectivity index (χ2v) is 4.65. The highest BCUT2D eigenvalue weighted by atomic mass is 32.2. The molecule has 0 aromatic carbocycles. The summed E-state index contributed by atoms with van der Waals surface area (Å²) in [6.45, 7) is 4.32. The summed E-state index contributed by atoms with van der Waals surface area (Å²) in [5, 5.41) is 2.72. The van der Waals surface area contributed by atoms with Crippen LogP contribution in [0.25, 0.3) is 11.0 Å². The summed E-state index contributed by atoms with van der Waals surface area (Å²) < 4.78 is 0. The normalized spacial score (nSPS) is 11.3. The van der Waals surface area contributed by atoms with E-state index in [4.69, 9.17) is 0 Å². The van der Waals surface area contributed by atoms with Crippen molar-refractivity contribution >= 4 is 22.8 Å². The van der Waals surface area contributed by atoms with E-state index in [1.54, 1.807) is 18.1 Å². The Morgan fingerprint density at radius 3 is 3.00 bits per heavy atom. The lowest BCUT2D eigenvalue weighted by atomic mass is 10.4. The van der Waals surface area contributed by atoms with Crippen LogP contribution in [0.2, 0.25) is 0 Å². The molecule has 0 saturated carbocycles. The van der Waals surface area contributed by atoms with Crippen LogP contribution in [0, 0.1) is 0 Å². The molecular weight excluding hydrogens is 182 g/mol. The number of fused-ring (bicyclic) bond motifs is 1. The third-order valence-electron chi connectivity index (χ3n) is 1.66. The van der Waals surface area contributed by atoms with Gasteiger partial charge in [-0.05, 0) is 6.07 Å². The smallest absolute Gasteiger partial charge is 0.141 e. The first-order valence-electron chi connectivity index (χ1n) is 4.22. The molecule has 0 fully saturated rings. The van der Waals surface area contributed by atoms with E-state index < -0.39 is 0 Å². The van der Waals surface area contributed by atoms with Gasteiger partial charge in [-0.1, -0.05) is 13.8 Å². The summed E-state index contributed by atoms with van der Waals surface area (Å²) >= 11 is 1.76. The van der Waals surface area contributed by atoms with Crippen LogP contribution in [0.1, 0.15) is 13.8 Å². The molecule has 0 atom stereocenters. The summed E-state index contributed by atoms with van der Waals surface area (Å²) in [4.78, 5) is 11.4. The van der Waals surface area contributed by atoms with Gasteiger partial charge in [0.05, 0.1) is 5.39 Å². The fourth-order valence-corrected chi connectivity index (χ4v) is 2.01. The Hall–Kier alpha value is -1.03. The number of nitrogens with one attached hydrogen (secondary N) is 1. The Balaban J connectivity index is 2.48. The van der Waals surface area contributed by atoms with Gasteiger partial charge in [0.15, 0.2) is 0 Å². The number of aromatic nitrogens is 3. The zero-order chi connectivity index (χ0) is 9.26. The van der Waals surface area contributed by atoms with Crippen LogP contribution in [0.3, 0.4) is 0 Å².